The summed E-state index contributed by atoms with van der Waals surface area (Å²) in [5.74, 6) is 0. The molecule has 1 saturated carbocycles. The Labute approximate surface area is 175 Å². The Balaban J connectivity index is 1.62. The van der Waals surface area contributed by atoms with Crippen molar-refractivity contribution < 1.29 is 0 Å². The number of benzene rings is 2. The number of nitriles is 1. The van der Waals surface area contributed by atoms with Crippen molar-refractivity contribution in [3.8, 4) is 6.07 Å². The van der Waals surface area contributed by atoms with E-state index in [1.54, 1.807) is 0 Å². The lowest BCUT2D eigenvalue weighted by Crippen LogP contribution is -2.44. The van der Waals surface area contributed by atoms with Gasteiger partial charge >= 0.3 is 0 Å². The summed E-state index contributed by atoms with van der Waals surface area (Å²) in [7, 11) is 2.18. The lowest BCUT2D eigenvalue weighted by Gasteiger charge is -2.37. The van der Waals surface area contributed by atoms with E-state index < -0.39 is 0 Å². The largest absolute Gasteiger partial charge is 0.369 e. The monoisotopic (exact) mass is 388 g/mol. The highest BCUT2D eigenvalue weighted by atomic mass is 15.2. The summed E-state index contributed by atoms with van der Waals surface area (Å²) in [5.41, 5.74) is 4.48. The number of rotatable bonds is 5. The zero-order valence-corrected chi connectivity index (χ0v) is 17.6. The van der Waals surface area contributed by atoms with Crippen LogP contribution in [0.25, 0.3) is 0 Å². The second kappa shape index (κ2) is 9.33. The molecule has 0 bridgehead atoms. The SMILES string of the molecule is CN1CCN(c2ccc(C#N)c(CN(c3ccccc3)C3CCCCC3)c2)CC1. The third-order valence-corrected chi connectivity index (χ3v) is 6.52. The lowest BCUT2D eigenvalue weighted by atomic mass is 9.93. The molecule has 0 atom stereocenters. The van der Waals surface area contributed by atoms with E-state index in [0.29, 0.717) is 6.04 Å². The second-order valence-corrected chi connectivity index (χ2v) is 8.50. The molecule has 2 aromatic rings. The van der Waals surface area contributed by atoms with Crippen molar-refractivity contribution in [1.82, 2.24) is 4.90 Å². The highest BCUT2D eigenvalue weighted by molar-refractivity contribution is 5.56. The Kier molecular flexibility index (Phi) is 6.36. The molecule has 4 heteroatoms. The van der Waals surface area contributed by atoms with Crippen molar-refractivity contribution in [2.24, 2.45) is 0 Å². The van der Waals surface area contributed by atoms with Gasteiger partial charge in [0.15, 0.2) is 0 Å². The number of para-hydroxylation sites is 1. The smallest absolute Gasteiger partial charge is 0.0995 e. The maximum Gasteiger partial charge on any atom is 0.0995 e. The predicted octanol–water partition coefficient (Wildman–Crippen LogP) is 4.65. The standard InChI is InChI=1S/C25H32N4/c1-27-14-16-28(17-15-27)25-13-12-21(19-26)22(18-25)20-29(23-8-4-2-5-9-23)24-10-6-3-7-11-24/h2,4-5,8-9,12-13,18,24H,3,6-7,10-11,14-17,20H2,1H3. The van der Waals surface area contributed by atoms with Gasteiger partial charge in [-0.2, -0.15) is 5.26 Å². The molecule has 4 nitrogen and oxygen atoms in total. The first kappa shape index (κ1) is 19.8. The normalized spacial score (nSPS) is 18.4. The number of hydrogen-bond donors (Lipinski definition) is 0. The predicted molar refractivity (Wildman–Crippen MR) is 120 cm³/mol. The fraction of sp³-hybridized carbons (Fsp3) is 0.480. The summed E-state index contributed by atoms with van der Waals surface area (Å²) >= 11 is 0. The third-order valence-electron chi connectivity index (χ3n) is 6.52. The van der Waals surface area contributed by atoms with Gasteiger partial charge < -0.3 is 14.7 Å². The highest BCUT2D eigenvalue weighted by Gasteiger charge is 2.23. The molecule has 1 heterocycles. The van der Waals surface area contributed by atoms with Crippen LogP contribution in [-0.4, -0.2) is 44.2 Å². The Bertz CT molecular complexity index is 828. The van der Waals surface area contributed by atoms with Crippen LogP contribution in [0.5, 0.6) is 0 Å². The maximum atomic E-state index is 9.76. The van der Waals surface area contributed by atoms with Crippen LogP contribution < -0.4 is 9.80 Å². The Morgan fingerprint density at radius 2 is 1.69 bits per heavy atom. The first-order chi connectivity index (χ1) is 14.2. The minimum Gasteiger partial charge on any atom is -0.369 e. The fourth-order valence-corrected chi connectivity index (χ4v) is 4.71. The van der Waals surface area contributed by atoms with E-state index >= 15 is 0 Å². The Morgan fingerprint density at radius 1 is 0.966 bits per heavy atom. The molecule has 4 rings (SSSR count). The van der Waals surface area contributed by atoms with Gasteiger partial charge in [0.25, 0.3) is 0 Å². The van der Waals surface area contributed by atoms with Gasteiger partial charge in [-0.1, -0.05) is 37.5 Å². The maximum absolute atomic E-state index is 9.76. The molecule has 0 radical (unpaired) electrons. The van der Waals surface area contributed by atoms with Crippen LogP contribution in [0.2, 0.25) is 0 Å². The summed E-state index contributed by atoms with van der Waals surface area (Å²) in [6.45, 7) is 5.08. The number of piperazine rings is 1. The summed E-state index contributed by atoms with van der Waals surface area (Å²) < 4.78 is 0. The number of nitrogens with zero attached hydrogens (tertiary/aromatic N) is 4. The van der Waals surface area contributed by atoms with Gasteiger partial charge in [0, 0.05) is 50.1 Å². The van der Waals surface area contributed by atoms with Crippen molar-refractivity contribution in [1.29, 1.82) is 5.26 Å². The van der Waals surface area contributed by atoms with E-state index in [0.717, 1.165) is 43.9 Å². The number of anilines is 2. The fourth-order valence-electron chi connectivity index (χ4n) is 4.71. The van der Waals surface area contributed by atoms with Crippen LogP contribution >= 0.6 is 0 Å². The van der Waals surface area contributed by atoms with Crippen LogP contribution in [0.4, 0.5) is 11.4 Å². The average molecular weight is 389 g/mol. The molecular weight excluding hydrogens is 356 g/mol. The van der Waals surface area contributed by atoms with Gasteiger partial charge in [0.2, 0.25) is 0 Å². The molecule has 1 aliphatic heterocycles. The first-order valence-corrected chi connectivity index (χ1v) is 11.0. The second-order valence-electron chi connectivity index (χ2n) is 8.50. The molecule has 29 heavy (non-hydrogen) atoms. The van der Waals surface area contributed by atoms with Crippen molar-refractivity contribution in [3.05, 3.63) is 59.7 Å². The summed E-state index contributed by atoms with van der Waals surface area (Å²) in [6.07, 6.45) is 6.45. The van der Waals surface area contributed by atoms with Gasteiger partial charge in [0.1, 0.15) is 0 Å². The quantitative estimate of drug-likeness (QED) is 0.747. The van der Waals surface area contributed by atoms with Crippen LogP contribution in [0.1, 0.15) is 43.2 Å². The van der Waals surface area contributed by atoms with E-state index in [1.807, 2.05) is 6.07 Å². The molecule has 0 spiro atoms. The summed E-state index contributed by atoms with van der Waals surface area (Å²) in [4.78, 5) is 7.38. The summed E-state index contributed by atoms with van der Waals surface area (Å²) in [6, 6.07) is 20.2. The van der Waals surface area contributed by atoms with Crippen LogP contribution in [0.3, 0.4) is 0 Å². The molecule has 152 valence electrons. The van der Waals surface area contributed by atoms with Gasteiger partial charge in [-0.05, 0) is 55.8 Å². The molecular formula is C25H32N4. The number of hydrogen-bond acceptors (Lipinski definition) is 4. The molecule has 2 aromatic carbocycles. The Hall–Kier alpha value is -2.51. The van der Waals surface area contributed by atoms with Crippen LogP contribution in [-0.2, 0) is 6.54 Å². The van der Waals surface area contributed by atoms with E-state index in [1.165, 1.54) is 43.5 Å². The third kappa shape index (κ3) is 4.74. The molecule has 2 fully saturated rings. The molecule has 2 aliphatic rings. The minimum atomic E-state index is 0.560. The molecule has 1 aliphatic carbocycles. The molecule has 0 unspecified atom stereocenters. The highest BCUT2D eigenvalue weighted by Crippen LogP contribution is 2.30. The van der Waals surface area contributed by atoms with Crippen molar-refractivity contribution in [2.75, 3.05) is 43.0 Å². The van der Waals surface area contributed by atoms with E-state index in [2.05, 4.69) is 70.3 Å². The van der Waals surface area contributed by atoms with E-state index in [4.69, 9.17) is 0 Å². The number of likely N-dealkylation sites (N-methyl/N-ethyl adjacent to an activating group) is 1. The zero-order valence-electron chi connectivity index (χ0n) is 17.6. The first-order valence-electron chi connectivity index (χ1n) is 11.0. The Morgan fingerprint density at radius 3 is 2.38 bits per heavy atom. The molecule has 0 N–H and O–H groups in total. The van der Waals surface area contributed by atoms with Gasteiger partial charge in [-0.15, -0.1) is 0 Å². The van der Waals surface area contributed by atoms with Gasteiger partial charge in [0.05, 0.1) is 11.6 Å². The topological polar surface area (TPSA) is 33.5 Å². The summed E-state index contributed by atoms with van der Waals surface area (Å²) in [5, 5.41) is 9.76. The van der Waals surface area contributed by atoms with Gasteiger partial charge in [-0.25, -0.2) is 0 Å². The van der Waals surface area contributed by atoms with Crippen LogP contribution in [0.15, 0.2) is 48.5 Å². The van der Waals surface area contributed by atoms with E-state index in [9.17, 15) is 5.26 Å². The van der Waals surface area contributed by atoms with Crippen molar-refractivity contribution in [3.63, 3.8) is 0 Å². The minimum absolute atomic E-state index is 0.560. The van der Waals surface area contributed by atoms with E-state index in [-0.39, 0.29) is 0 Å². The lowest BCUT2D eigenvalue weighted by molar-refractivity contribution is 0.313. The average Bonchev–Trinajstić information content (AvgIpc) is 2.79. The molecule has 0 amide bonds. The van der Waals surface area contributed by atoms with Crippen molar-refractivity contribution in [2.45, 2.75) is 44.7 Å². The molecule has 0 aromatic heterocycles. The van der Waals surface area contributed by atoms with Crippen LogP contribution in [0, 0.1) is 11.3 Å². The van der Waals surface area contributed by atoms with Crippen molar-refractivity contribution >= 4 is 11.4 Å². The molecule has 1 saturated heterocycles. The zero-order chi connectivity index (χ0) is 20.1. The van der Waals surface area contributed by atoms with Gasteiger partial charge in [-0.3, -0.25) is 0 Å².